The van der Waals surface area contributed by atoms with Gasteiger partial charge in [0.05, 0.1) is 24.2 Å². The lowest BCUT2D eigenvalue weighted by Gasteiger charge is -2.37. The molecule has 1 aromatic rings. The van der Waals surface area contributed by atoms with Crippen molar-refractivity contribution in [1.29, 1.82) is 0 Å². The van der Waals surface area contributed by atoms with Crippen molar-refractivity contribution >= 4 is 17.7 Å². The molecule has 0 aliphatic carbocycles. The van der Waals surface area contributed by atoms with Crippen LogP contribution in [0.1, 0.15) is 32.4 Å². The molecule has 3 N–H and O–H groups in total. The first-order chi connectivity index (χ1) is 12.0. The molecule has 1 heterocycles. The topological polar surface area (TPSA) is 82.0 Å². The Morgan fingerprint density at radius 1 is 1.50 bits per heavy atom. The molecule has 1 saturated heterocycles. The van der Waals surface area contributed by atoms with Crippen LogP contribution in [0.25, 0.3) is 0 Å². The minimum Gasteiger partial charge on any atom is -0.465 e. The molecule has 1 fully saturated rings. The van der Waals surface area contributed by atoms with E-state index in [9.17, 15) is 19.4 Å². The molecule has 0 spiro atoms. The van der Waals surface area contributed by atoms with Crippen LogP contribution in [0.2, 0.25) is 5.02 Å². The van der Waals surface area contributed by atoms with Crippen molar-refractivity contribution in [2.45, 2.75) is 38.6 Å². The number of ether oxygens (including phenoxy) is 1. The standard InChI is InChI=1S/C18H26ClFN2O4/c1-17(2,3)14-8-22(16(23)24)10-18(25,9-21-4)15(26-14)11-5-6-12(19)13(20)7-11/h5-7,14-15,21,25H,8-10H2,1-4H3,(H,23,24)/t14?,15-,18-/m1/s1. The van der Waals surface area contributed by atoms with Gasteiger partial charge in [-0.3, -0.25) is 0 Å². The molecule has 2 rings (SSSR count). The van der Waals surface area contributed by atoms with Crippen molar-refractivity contribution in [3.63, 3.8) is 0 Å². The number of amides is 1. The van der Waals surface area contributed by atoms with E-state index in [-0.39, 0.29) is 30.1 Å². The van der Waals surface area contributed by atoms with E-state index in [0.29, 0.717) is 5.56 Å². The third kappa shape index (κ3) is 4.46. The van der Waals surface area contributed by atoms with E-state index in [4.69, 9.17) is 16.3 Å². The number of likely N-dealkylation sites (N-methyl/N-ethyl adjacent to an activating group) is 1. The van der Waals surface area contributed by atoms with Crippen LogP contribution in [0, 0.1) is 11.2 Å². The molecule has 0 bridgehead atoms. The van der Waals surface area contributed by atoms with Gasteiger partial charge in [-0.05, 0) is 30.2 Å². The molecular weight excluding hydrogens is 363 g/mol. The second-order valence-corrected chi connectivity index (χ2v) is 8.25. The van der Waals surface area contributed by atoms with Crippen LogP contribution in [-0.4, -0.2) is 59.6 Å². The molecule has 3 atom stereocenters. The van der Waals surface area contributed by atoms with Crippen LogP contribution in [0.3, 0.4) is 0 Å². The molecule has 1 aliphatic rings. The Hall–Kier alpha value is -1.41. The Morgan fingerprint density at radius 2 is 2.15 bits per heavy atom. The minimum atomic E-state index is -1.58. The molecule has 146 valence electrons. The summed E-state index contributed by atoms with van der Waals surface area (Å²) in [6.45, 7) is 5.81. The molecular formula is C18H26ClFN2O4. The van der Waals surface area contributed by atoms with Gasteiger partial charge in [0, 0.05) is 6.54 Å². The zero-order valence-corrected chi connectivity index (χ0v) is 16.2. The van der Waals surface area contributed by atoms with Gasteiger partial charge in [0.1, 0.15) is 17.5 Å². The first-order valence-electron chi connectivity index (χ1n) is 8.43. The molecule has 1 aliphatic heterocycles. The fourth-order valence-corrected chi connectivity index (χ4v) is 3.27. The Morgan fingerprint density at radius 3 is 2.65 bits per heavy atom. The van der Waals surface area contributed by atoms with Gasteiger partial charge in [-0.25, -0.2) is 9.18 Å². The summed E-state index contributed by atoms with van der Waals surface area (Å²) >= 11 is 5.77. The Bertz CT molecular complexity index is 667. The lowest BCUT2D eigenvalue weighted by atomic mass is 9.88. The van der Waals surface area contributed by atoms with Crippen LogP contribution in [0.5, 0.6) is 0 Å². The zero-order chi connectivity index (χ0) is 19.7. The Balaban J connectivity index is 2.54. The summed E-state index contributed by atoms with van der Waals surface area (Å²) in [4.78, 5) is 12.8. The Kier molecular flexibility index (Phi) is 6.17. The second-order valence-electron chi connectivity index (χ2n) is 7.84. The predicted molar refractivity (Wildman–Crippen MR) is 97.0 cm³/mol. The molecule has 0 saturated carbocycles. The van der Waals surface area contributed by atoms with E-state index in [1.165, 1.54) is 12.1 Å². The van der Waals surface area contributed by atoms with Gasteiger partial charge >= 0.3 is 6.09 Å². The summed E-state index contributed by atoms with van der Waals surface area (Å²) in [6, 6.07) is 4.22. The van der Waals surface area contributed by atoms with Gasteiger partial charge in [0.15, 0.2) is 0 Å². The van der Waals surface area contributed by atoms with Crippen molar-refractivity contribution in [2.75, 3.05) is 26.7 Å². The van der Waals surface area contributed by atoms with E-state index in [2.05, 4.69) is 5.32 Å². The lowest BCUT2D eigenvalue weighted by molar-refractivity contribution is -0.139. The number of benzene rings is 1. The van der Waals surface area contributed by atoms with Gasteiger partial charge < -0.3 is 25.2 Å². The minimum absolute atomic E-state index is 0.0286. The first kappa shape index (κ1) is 20.9. The monoisotopic (exact) mass is 388 g/mol. The SMILES string of the molecule is CNC[C@@]1(O)CN(C(=O)O)CC(C(C)(C)C)O[C@@H]1c1ccc(Cl)c(F)c1. The highest BCUT2D eigenvalue weighted by molar-refractivity contribution is 6.30. The van der Waals surface area contributed by atoms with E-state index in [1.807, 2.05) is 20.8 Å². The number of carbonyl (C=O) groups is 1. The summed E-state index contributed by atoms with van der Waals surface area (Å²) in [5.74, 6) is -0.619. The number of carboxylic acid groups (broad SMARTS) is 1. The van der Waals surface area contributed by atoms with E-state index >= 15 is 0 Å². The average molecular weight is 389 g/mol. The highest BCUT2D eigenvalue weighted by atomic mass is 35.5. The van der Waals surface area contributed by atoms with Gasteiger partial charge in [-0.1, -0.05) is 38.4 Å². The molecule has 26 heavy (non-hydrogen) atoms. The summed E-state index contributed by atoms with van der Waals surface area (Å²) in [7, 11) is 1.65. The number of hydrogen-bond donors (Lipinski definition) is 3. The first-order valence-corrected chi connectivity index (χ1v) is 8.81. The summed E-state index contributed by atoms with van der Waals surface area (Å²) in [5.41, 5.74) is -1.55. The van der Waals surface area contributed by atoms with Crippen LogP contribution >= 0.6 is 11.6 Å². The summed E-state index contributed by atoms with van der Waals surface area (Å²) in [5, 5.41) is 23.7. The van der Waals surface area contributed by atoms with Crippen LogP contribution in [0.15, 0.2) is 18.2 Å². The van der Waals surface area contributed by atoms with Crippen molar-refractivity contribution in [1.82, 2.24) is 10.2 Å². The number of nitrogens with zero attached hydrogens (tertiary/aromatic N) is 1. The van der Waals surface area contributed by atoms with Crippen LogP contribution in [-0.2, 0) is 4.74 Å². The smallest absolute Gasteiger partial charge is 0.407 e. The Labute approximate surface area is 157 Å². The molecule has 1 aromatic carbocycles. The van der Waals surface area contributed by atoms with Crippen LogP contribution in [0.4, 0.5) is 9.18 Å². The third-order valence-electron chi connectivity index (χ3n) is 4.61. The maximum Gasteiger partial charge on any atom is 0.407 e. The zero-order valence-electron chi connectivity index (χ0n) is 15.4. The fraction of sp³-hybridized carbons (Fsp3) is 0.611. The molecule has 1 unspecified atom stereocenters. The number of rotatable bonds is 3. The number of nitrogens with one attached hydrogen (secondary N) is 1. The van der Waals surface area contributed by atoms with Gasteiger partial charge in [0.2, 0.25) is 0 Å². The van der Waals surface area contributed by atoms with Crippen molar-refractivity contribution in [3.05, 3.63) is 34.6 Å². The highest BCUT2D eigenvalue weighted by Gasteiger charge is 2.47. The number of β-amino-alcohol motifs (C(OH)–C–C–N with tert-alkyl or cyclic N) is 1. The van der Waals surface area contributed by atoms with E-state index < -0.39 is 29.7 Å². The summed E-state index contributed by atoms with van der Waals surface area (Å²) < 4.78 is 20.2. The maximum atomic E-state index is 14.0. The summed E-state index contributed by atoms with van der Waals surface area (Å²) in [6.07, 6.45) is -2.55. The number of hydrogen-bond acceptors (Lipinski definition) is 4. The fourth-order valence-electron chi connectivity index (χ4n) is 3.15. The van der Waals surface area contributed by atoms with Crippen molar-refractivity contribution in [2.24, 2.45) is 5.41 Å². The lowest BCUT2D eigenvalue weighted by Crippen LogP contribution is -2.53. The second kappa shape index (κ2) is 7.68. The molecule has 0 aromatic heterocycles. The van der Waals surface area contributed by atoms with Crippen molar-refractivity contribution < 1.29 is 24.1 Å². The average Bonchev–Trinajstić information content (AvgIpc) is 2.67. The molecule has 8 heteroatoms. The predicted octanol–water partition coefficient (Wildman–Crippen LogP) is 2.90. The van der Waals surface area contributed by atoms with E-state index in [1.54, 1.807) is 13.1 Å². The molecule has 1 amide bonds. The quantitative estimate of drug-likeness (QED) is 0.741. The van der Waals surface area contributed by atoms with Gasteiger partial charge in [-0.2, -0.15) is 0 Å². The number of halogens is 2. The maximum absolute atomic E-state index is 14.0. The molecule has 6 nitrogen and oxygen atoms in total. The van der Waals surface area contributed by atoms with E-state index in [0.717, 1.165) is 4.90 Å². The highest BCUT2D eigenvalue weighted by Crippen LogP contribution is 2.39. The normalized spacial score (nSPS) is 27.3. The van der Waals surface area contributed by atoms with Gasteiger partial charge in [0.25, 0.3) is 0 Å². The van der Waals surface area contributed by atoms with Crippen molar-refractivity contribution in [3.8, 4) is 0 Å². The molecule has 0 radical (unpaired) electrons. The number of aliphatic hydroxyl groups is 1. The largest absolute Gasteiger partial charge is 0.465 e. The van der Waals surface area contributed by atoms with Crippen LogP contribution < -0.4 is 5.32 Å². The third-order valence-corrected chi connectivity index (χ3v) is 4.91. The van der Waals surface area contributed by atoms with Gasteiger partial charge in [-0.15, -0.1) is 0 Å².